The summed E-state index contributed by atoms with van der Waals surface area (Å²) in [5.74, 6) is 2.10. The van der Waals surface area contributed by atoms with Gasteiger partial charge in [0.2, 0.25) is 0 Å². The van der Waals surface area contributed by atoms with Gasteiger partial charge in [0, 0.05) is 13.1 Å². The van der Waals surface area contributed by atoms with Crippen molar-refractivity contribution >= 4 is 11.7 Å². The second-order valence-corrected chi connectivity index (χ2v) is 6.44. The molecule has 27 heavy (non-hydrogen) atoms. The third-order valence-corrected chi connectivity index (χ3v) is 4.52. The normalized spacial score (nSPS) is 14.3. The van der Waals surface area contributed by atoms with Crippen LogP contribution in [0.3, 0.4) is 0 Å². The van der Waals surface area contributed by atoms with Crippen molar-refractivity contribution in [2.45, 2.75) is 25.7 Å². The first-order chi connectivity index (χ1) is 13.3. The molecule has 1 aromatic carbocycles. The lowest BCUT2D eigenvalue weighted by molar-refractivity contribution is 0.0941. The van der Waals surface area contributed by atoms with Crippen LogP contribution >= 0.6 is 0 Å². The Bertz CT molecular complexity index is 711. The van der Waals surface area contributed by atoms with E-state index in [4.69, 9.17) is 9.47 Å². The molecule has 0 spiro atoms. The Labute approximate surface area is 159 Å². The number of amides is 1. The lowest BCUT2D eigenvalue weighted by Gasteiger charge is -2.20. The van der Waals surface area contributed by atoms with E-state index in [2.05, 4.69) is 20.2 Å². The lowest BCUT2D eigenvalue weighted by Crippen LogP contribution is -2.29. The number of rotatable bonds is 7. The van der Waals surface area contributed by atoms with Gasteiger partial charge in [0.1, 0.15) is 29.6 Å². The molecule has 1 fully saturated rings. The monoisotopic (exact) mass is 370 g/mol. The standard InChI is InChI=1S/C20H26N4O3/c1-26-16-6-8-17(9-7-16)27-13-10-21-20(25)18-14-23-19(15-22-18)24-11-4-2-3-5-12-24/h6-9,14-15H,2-5,10-13H2,1H3,(H,21,25). The van der Waals surface area contributed by atoms with E-state index in [1.165, 1.54) is 25.7 Å². The Morgan fingerprint density at radius 3 is 2.37 bits per heavy atom. The van der Waals surface area contributed by atoms with Crippen LogP contribution in [0, 0.1) is 0 Å². The fourth-order valence-electron chi connectivity index (χ4n) is 3.00. The van der Waals surface area contributed by atoms with Crippen LogP contribution in [-0.4, -0.2) is 49.2 Å². The van der Waals surface area contributed by atoms with Crippen LogP contribution in [0.15, 0.2) is 36.7 Å². The first-order valence-corrected chi connectivity index (χ1v) is 9.38. The summed E-state index contributed by atoms with van der Waals surface area (Å²) in [7, 11) is 1.62. The third kappa shape index (κ3) is 5.57. The molecule has 0 aliphatic carbocycles. The molecule has 144 valence electrons. The summed E-state index contributed by atoms with van der Waals surface area (Å²) in [5.41, 5.74) is 0.318. The topological polar surface area (TPSA) is 76.6 Å². The molecule has 1 N–H and O–H groups in total. The molecule has 7 nitrogen and oxygen atoms in total. The molecular formula is C20H26N4O3. The van der Waals surface area contributed by atoms with E-state index in [-0.39, 0.29) is 5.91 Å². The van der Waals surface area contributed by atoms with E-state index in [9.17, 15) is 4.79 Å². The van der Waals surface area contributed by atoms with Crippen molar-refractivity contribution in [2.75, 3.05) is 38.3 Å². The third-order valence-electron chi connectivity index (χ3n) is 4.52. The Hall–Kier alpha value is -2.83. The Morgan fingerprint density at radius 1 is 1.04 bits per heavy atom. The van der Waals surface area contributed by atoms with Gasteiger partial charge in [-0.25, -0.2) is 9.97 Å². The molecule has 0 saturated carbocycles. The summed E-state index contributed by atoms with van der Waals surface area (Å²) in [5, 5.41) is 2.80. The molecule has 2 heterocycles. The second kappa shape index (κ2) is 9.75. The average Bonchev–Trinajstić information content (AvgIpc) is 3.01. The fourth-order valence-corrected chi connectivity index (χ4v) is 3.00. The zero-order chi connectivity index (χ0) is 18.9. The first-order valence-electron chi connectivity index (χ1n) is 9.38. The number of nitrogens with one attached hydrogen (secondary N) is 1. The van der Waals surface area contributed by atoms with Crippen molar-refractivity contribution in [3.63, 3.8) is 0 Å². The smallest absolute Gasteiger partial charge is 0.271 e. The highest BCUT2D eigenvalue weighted by molar-refractivity contribution is 5.91. The lowest BCUT2D eigenvalue weighted by atomic mass is 10.2. The molecule has 1 amide bonds. The minimum Gasteiger partial charge on any atom is -0.497 e. The number of carbonyl (C=O) groups is 1. The van der Waals surface area contributed by atoms with Gasteiger partial charge < -0.3 is 19.7 Å². The van der Waals surface area contributed by atoms with E-state index >= 15 is 0 Å². The van der Waals surface area contributed by atoms with Gasteiger partial charge in [0.15, 0.2) is 0 Å². The summed E-state index contributed by atoms with van der Waals surface area (Å²) < 4.78 is 10.7. The van der Waals surface area contributed by atoms with Crippen LogP contribution < -0.4 is 19.7 Å². The minimum atomic E-state index is -0.247. The maximum absolute atomic E-state index is 12.2. The predicted molar refractivity (Wildman–Crippen MR) is 104 cm³/mol. The zero-order valence-corrected chi connectivity index (χ0v) is 15.7. The molecule has 2 aromatic rings. The van der Waals surface area contributed by atoms with Gasteiger partial charge in [-0.15, -0.1) is 0 Å². The minimum absolute atomic E-state index is 0.247. The molecule has 3 rings (SSSR count). The summed E-state index contributed by atoms with van der Waals surface area (Å²) in [6, 6.07) is 7.31. The highest BCUT2D eigenvalue weighted by Crippen LogP contribution is 2.17. The number of anilines is 1. The van der Waals surface area contributed by atoms with Crippen molar-refractivity contribution in [1.82, 2.24) is 15.3 Å². The molecule has 1 aromatic heterocycles. The average molecular weight is 370 g/mol. The second-order valence-electron chi connectivity index (χ2n) is 6.44. The first kappa shape index (κ1) is 18.9. The molecule has 0 bridgehead atoms. The molecule has 1 aliphatic rings. The number of aromatic nitrogens is 2. The number of hydrogen-bond donors (Lipinski definition) is 1. The van der Waals surface area contributed by atoms with Crippen LogP contribution in [0.5, 0.6) is 11.5 Å². The number of methoxy groups -OCH3 is 1. The largest absolute Gasteiger partial charge is 0.497 e. The fraction of sp³-hybridized carbons (Fsp3) is 0.450. The van der Waals surface area contributed by atoms with Gasteiger partial charge in [0.25, 0.3) is 5.91 Å². The van der Waals surface area contributed by atoms with E-state index < -0.39 is 0 Å². The molecule has 0 atom stereocenters. The molecule has 7 heteroatoms. The Kier molecular flexibility index (Phi) is 6.84. The SMILES string of the molecule is COc1ccc(OCCNC(=O)c2cnc(N3CCCCCC3)cn2)cc1. The molecule has 0 unspecified atom stereocenters. The summed E-state index contributed by atoms with van der Waals surface area (Å²) >= 11 is 0. The van der Waals surface area contributed by atoms with E-state index in [1.807, 2.05) is 24.3 Å². The summed E-state index contributed by atoms with van der Waals surface area (Å²) in [6.45, 7) is 2.77. The molecular weight excluding hydrogens is 344 g/mol. The van der Waals surface area contributed by atoms with Crippen molar-refractivity contribution in [3.8, 4) is 11.5 Å². The van der Waals surface area contributed by atoms with Crippen LogP contribution in [-0.2, 0) is 0 Å². The van der Waals surface area contributed by atoms with Gasteiger partial charge in [0.05, 0.1) is 26.0 Å². The molecule has 1 saturated heterocycles. The van der Waals surface area contributed by atoms with Gasteiger partial charge in [-0.2, -0.15) is 0 Å². The Morgan fingerprint density at radius 2 is 1.74 bits per heavy atom. The van der Waals surface area contributed by atoms with Crippen LogP contribution in [0.2, 0.25) is 0 Å². The highest BCUT2D eigenvalue weighted by Gasteiger charge is 2.13. The molecule has 1 aliphatic heterocycles. The number of nitrogens with zero attached hydrogens (tertiary/aromatic N) is 3. The van der Waals surface area contributed by atoms with Crippen LogP contribution in [0.25, 0.3) is 0 Å². The summed E-state index contributed by atoms with van der Waals surface area (Å²) in [6.07, 6.45) is 8.12. The van der Waals surface area contributed by atoms with Crippen LogP contribution in [0.1, 0.15) is 36.2 Å². The van der Waals surface area contributed by atoms with Gasteiger partial charge in [-0.1, -0.05) is 12.8 Å². The zero-order valence-electron chi connectivity index (χ0n) is 15.7. The van der Waals surface area contributed by atoms with Crippen molar-refractivity contribution in [1.29, 1.82) is 0 Å². The number of ether oxygens (including phenoxy) is 2. The Balaban J connectivity index is 1.43. The number of benzene rings is 1. The van der Waals surface area contributed by atoms with E-state index in [1.54, 1.807) is 19.5 Å². The van der Waals surface area contributed by atoms with Crippen molar-refractivity contribution in [2.24, 2.45) is 0 Å². The maximum atomic E-state index is 12.2. The van der Waals surface area contributed by atoms with Crippen molar-refractivity contribution in [3.05, 3.63) is 42.4 Å². The number of hydrogen-bond acceptors (Lipinski definition) is 6. The van der Waals surface area contributed by atoms with E-state index in [0.29, 0.717) is 18.8 Å². The van der Waals surface area contributed by atoms with E-state index in [0.717, 1.165) is 30.4 Å². The summed E-state index contributed by atoms with van der Waals surface area (Å²) in [4.78, 5) is 23.1. The van der Waals surface area contributed by atoms with Crippen molar-refractivity contribution < 1.29 is 14.3 Å². The molecule has 0 radical (unpaired) electrons. The van der Waals surface area contributed by atoms with Gasteiger partial charge in [-0.3, -0.25) is 4.79 Å². The predicted octanol–water partition coefficient (Wildman–Crippen LogP) is 2.67. The van der Waals surface area contributed by atoms with Crippen LogP contribution in [0.4, 0.5) is 5.82 Å². The highest BCUT2D eigenvalue weighted by atomic mass is 16.5. The maximum Gasteiger partial charge on any atom is 0.271 e. The quantitative estimate of drug-likeness (QED) is 0.755. The van der Waals surface area contributed by atoms with Gasteiger partial charge in [-0.05, 0) is 37.1 Å². The van der Waals surface area contributed by atoms with Gasteiger partial charge >= 0.3 is 0 Å². The number of carbonyl (C=O) groups excluding carboxylic acids is 1.